The van der Waals surface area contributed by atoms with E-state index >= 15 is 0 Å². The molecule has 1 atom stereocenters. The molecule has 3 nitrogen and oxygen atoms in total. The van der Waals surface area contributed by atoms with Crippen molar-refractivity contribution in [1.82, 2.24) is 5.32 Å². The molecule has 2 rings (SSSR count). The van der Waals surface area contributed by atoms with Gasteiger partial charge in [0.1, 0.15) is 5.54 Å². The number of hydrogen-bond acceptors (Lipinski definition) is 2. The largest absolute Gasteiger partial charge is 0.368 e. The van der Waals surface area contributed by atoms with Crippen LogP contribution in [0.25, 0.3) is 0 Å². The van der Waals surface area contributed by atoms with Crippen molar-refractivity contribution in [1.29, 1.82) is 0 Å². The minimum Gasteiger partial charge on any atom is -0.368 e. The maximum atomic E-state index is 13.2. The van der Waals surface area contributed by atoms with Gasteiger partial charge in [-0.3, -0.25) is 10.1 Å². The van der Waals surface area contributed by atoms with Crippen molar-refractivity contribution in [3.63, 3.8) is 0 Å². The molecule has 92 valence electrons. The van der Waals surface area contributed by atoms with Crippen LogP contribution in [0, 0.1) is 11.6 Å². The van der Waals surface area contributed by atoms with Gasteiger partial charge >= 0.3 is 0 Å². The molecule has 0 radical (unpaired) electrons. The lowest BCUT2D eigenvalue weighted by Crippen LogP contribution is -2.55. The van der Waals surface area contributed by atoms with E-state index in [9.17, 15) is 13.6 Å². The number of nitrogens with two attached hydrogens (primary N) is 1. The van der Waals surface area contributed by atoms with E-state index in [-0.39, 0.29) is 0 Å². The molecule has 1 saturated heterocycles. The van der Waals surface area contributed by atoms with Crippen molar-refractivity contribution in [2.75, 3.05) is 6.54 Å². The van der Waals surface area contributed by atoms with E-state index in [1.165, 1.54) is 6.07 Å². The Bertz CT molecular complexity index is 442. The van der Waals surface area contributed by atoms with Crippen LogP contribution in [0.1, 0.15) is 24.8 Å². The summed E-state index contributed by atoms with van der Waals surface area (Å²) in [7, 11) is 0. The van der Waals surface area contributed by atoms with E-state index in [4.69, 9.17) is 5.73 Å². The highest BCUT2D eigenvalue weighted by atomic mass is 19.2. The van der Waals surface area contributed by atoms with Gasteiger partial charge in [0.05, 0.1) is 0 Å². The summed E-state index contributed by atoms with van der Waals surface area (Å²) in [6.07, 6.45) is 2.28. The summed E-state index contributed by atoms with van der Waals surface area (Å²) in [6.45, 7) is 0.641. The fourth-order valence-electron chi connectivity index (χ4n) is 2.27. The third-order valence-electron chi connectivity index (χ3n) is 3.24. The third-order valence-corrected chi connectivity index (χ3v) is 3.24. The number of carbonyl (C=O) groups excluding carboxylic acids is 1. The second kappa shape index (κ2) is 4.41. The van der Waals surface area contributed by atoms with Gasteiger partial charge in [0.25, 0.3) is 0 Å². The van der Waals surface area contributed by atoms with Crippen LogP contribution in [0.5, 0.6) is 0 Å². The number of carbonyl (C=O) groups is 1. The molecule has 0 bridgehead atoms. The van der Waals surface area contributed by atoms with Crippen LogP contribution in [-0.4, -0.2) is 12.5 Å². The van der Waals surface area contributed by atoms with Crippen LogP contribution in [-0.2, 0) is 10.3 Å². The molecule has 0 aromatic heterocycles. The number of piperidine rings is 1. The Morgan fingerprint density at radius 2 is 2.06 bits per heavy atom. The van der Waals surface area contributed by atoms with Crippen molar-refractivity contribution in [3.8, 4) is 0 Å². The molecule has 1 amide bonds. The van der Waals surface area contributed by atoms with E-state index in [0.717, 1.165) is 25.0 Å². The van der Waals surface area contributed by atoms with Gasteiger partial charge in [0, 0.05) is 0 Å². The Morgan fingerprint density at radius 3 is 2.59 bits per heavy atom. The highest BCUT2D eigenvalue weighted by Crippen LogP contribution is 2.30. The molecule has 1 fully saturated rings. The Hall–Kier alpha value is -1.49. The van der Waals surface area contributed by atoms with E-state index in [0.29, 0.717) is 18.5 Å². The third kappa shape index (κ3) is 2.02. The molecule has 17 heavy (non-hydrogen) atoms. The van der Waals surface area contributed by atoms with Crippen LogP contribution in [0.15, 0.2) is 18.2 Å². The van der Waals surface area contributed by atoms with E-state index in [2.05, 4.69) is 5.32 Å². The first kappa shape index (κ1) is 12.0. The van der Waals surface area contributed by atoms with Crippen molar-refractivity contribution < 1.29 is 13.6 Å². The molecule has 3 N–H and O–H groups in total. The van der Waals surface area contributed by atoms with Gasteiger partial charge in [-0.2, -0.15) is 0 Å². The Kier molecular flexibility index (Phi) is 3.11. The second-order valence-electron chi connectivity index (χ2n) is 4.28. The molecule has 1 aliphatic heterocycles. The smallest absolute Gasteiger partial charge is 0.242 e. The zero-order chi connectivity index (χ0) is 12.5. The zero-order valence-corrected chi connectivity index (χ0v) is 9.30. The molecular formula is C12H14F2N2O. The molecule has 0 saturated carbocycles. The summed E-state index contributed by atoms with van der Waals surface area (Å²) in [5, 5.41) is 3.03. The van der Waals surface area contributed by atoms with Gasteiger partial charge in [-0.1, -0.05) is 6.07 Å². The lowest BCUT2D eigenvalue weighted by Gasteiger charge is -2.36. The Balaban J connectivity index is 2.45. The van der Waals surface area contributed by atoms with E-state index in [1.54, 1.807) is 0 Å². The topological polar surface area (TPSA) is 55.1 Å². The average molecular weight is 240 g/mol. The lowest BCUT2D eigenvalue weighted by atomic mass is 9.81. The first-order chi connectivity index (χ1) is 8.06. The van der Waals surface area contributed by atoms with Crippen molar-refractivity contribution in [2.24, 2.45) is 5.73 Å². The predicted octanol–water partition coefficient (Wildman–Crippen LogP) is 1.42. The van der Waals surface area contributed by atoms with Gasteiger partial charge in [-0.15, -0.1) is 0 Å². The summed E-state index contributed by atoms with van der Waals surface area (Å²) in [6, 6.07) is 3.46. The van der Waals surface area contributed by atoms with E-state index < -0.39 is 23.1 Å². The number of nitrogens with one attached hydrogen (secondary N) is 1. The quantitative estimate of drug-likeness (QED) is 0.821. The number of amides is 1. The van der Waals surface area contributed by atoms with Gasteiger partial charge in [-0.25, -0.2) is 8.78 Å². The molecule has 5 heteroatoms. The number of primary amides is 1. The first-order valence-electron chi connectivity index (χ1n) is 5.57. The highest BCUT2D eigenvalue weighted by molar-refractivity contribution is 5.86. The summed E-state index contributed by atoms with van der Waals surface area (Å²) >= 11 is 0. The molecule has 1 aliphatic rings. The predicted molar refractivity (Wildman–Crippen MR) is 59.1 cm³/mol. The van der Waals surface area contributed by atoms with Crippen LogP contribution in [0.3, 0.4) is 0 Å². The van der Waals surface area contributed by atoms with Crippen molar-refractivity contribution in [3.05, 3.63) is 35.4 Å². The van der Waals surface area contributed by atoms with Crippen molar-refractivity contribution >= 4 is 5.91 Å². The molecule has 1 heterocycles. The second-order valence-corrected chi connectivity index (χ2v) is 4.28. The van der Waals surface area contributed by atoms with Crippen LogP contribution in [0.4, 0.5) is 8.78 Å². The van der Waals surface area contributed by atoms with Crippen LogP contribution >= 0.6 is 0 Å². The normalized spacial score (nSPS) is 24.6. The molecule has 1 unspecified atom stereocenters. The fraction of sp³-hybridized carbons (Fsp3) is 0.417. The maximum absolute atomic E-state index is 13.2. The van der Waals surface area contributed by atoms with Crippen molar-refractivity contribution in [2.45, 2.75) is 24.8 Å². The number of hydrogen-bond donors (Lipinski definition) is 2. The van der Waals surface area contributed by atoms with Crippen LogP contribution in [0.2, 0.25) is 0 Å². The fourth-order valence-corrected chi connectivity index (χ4v) is 2.27. The number of benzene rings is 1. The summed E-state index contributed by atoms with van der Waals surface area (Å²) < 4.78 is 26.1. The first-order valence-corrected chi connectivity index (χ1v) is 5.57. The Morgan fingerprint density at radius 1 is 1.29 bits per heavy atom. The minimum absolute atomic E-state index is 0.392. The van der Waals surface area contributed by atoms with Gasteiger partial charge in [-0.05, 0) is 43.5 Å². The minimum atomic E-state index is -1.06. The van der Waals surface area contributed by atoms with Gasteiger partial charge in [0.2, 0.25) is 5.91 Å². The molecule has 1 aromatic carbocycles. The van der Waals surface area contributed by atoms with Gasteiger partial charge in [0.15, 0.2) is 11.6 Å². The number of rotatable bonds is 2. The molecular weight excluding hydrogens is 226 g/mol. The highest BCUT2D eigenvalue weighted by Gasteiger charge is 2.39. The van der Waals surface area contributed by atoms with Crippen LogP contribution < -0.4 is 11.1 Å². The standard InChI is InChI=1S/C12H14F2N2O/c13-9-4-3-8(7-10(9)14)12(11(15)17)5-1-2-6-16-12/h3-4,7,16H,1-2,5-6H2,(H2,15,17). The van der Waals surface area contributed by atoms with E-state index in [1.807, 2.05) is 0 Å². The zero-order valence-electron chi connectivity index (χ0n) is 9.30. The summed E-state index contributed by atoms with van der Waals surface area (Å²) in [5.41, 5.74) is 4.73. The molecule has 1 aromatic rings. The molecule has 0 spiro atoms. The SMILES string of the molecule is NC(=O)C1(c2ccc(F)c(F)c2)CCCCN1. The summed E-state index contributed by atoms with van der Waals surface area (Å²) in [5.74, 6) is -2.44. The Labute approximate surface area is 98.0 Å². The summed E-state index contributed by atoms with van der Waals surface area (Å²) in [4.78, 5) is 11.6. The lowest BCUT2D eigenvalue weighted by molar-refractivity contribution is -0.125. The molecule has 0 aliphatic carbocycles. The number of halogens is 2. The maximum Gasteiger partial charge on any atom is 0.242 e. The monoisotopic (exact) mass is 240 g/mol. The average Bonchev–Trinajstić information content (AvgIpc) is 2.33. The van der Waals surface area contributed by atoms with Gasteiger partial charge < -0.3 is 5.73 Å².